The van der Waals surface area contributed by atoms with Gasteiger partial charge in [0, 0.05) is 6.04 Å². The average molecular weight is 237 g/mol. The third-order valence-corrected chi connectivity index (χ3v) is 3.75. The van der Waals surface area contributed by atoms with Gasteiger partial charge in [0.2, 0.25) is 5.91 Å². The minimum absolute atomic E-state index is 0.0109. The molecule has 1 aliphatic carbocycles. The van der Waals surface area contributed by atoms with Crippen LogP contribution in [0.4, 0.5) is 0 Å². The molecule has 1 aliphatic rings. The van der Waals surface area contributed by atoms with Crippen molar-refractivity contribution in [2.24, 2.45) is 11.8 Å². The van der Waals surface area contributed by atoms with Crippen molar-refractivity contribution in [3.8, 4) is 0 Å². The van der Waals surface area contributed by atoms with Crippen molar-refractivity contribution in [1.82, 2.24) is 25.5 Å². The van der Waals surface area contributed by atoms with Gasteiger partial charge in [-0.3, -0.25) is 4.79 Å². The Kier molecular flexibility index (Phi) is 3.71. The summed E-state index contributed by atoms with van der Waals surface area (Å²) in [4.78, 5) is 11.8. The summed E-state index contributed by atoms with van der Waals surface area (Å²) in [5, 5.41) is 13.8. The molecule has 1 aromatic rings. The molecule has 0 aromatic carbocycles. The predicted molar refractivity (Wildman–Crippen MR) is 61.9 cm³/mol. The van der Waals surface area contributed by atoms with Crippen LogP contribution in [0, 0.1) is 11.8 Å². The Morgan fingerprint density at radius 1 is 1.47 bits per heavy atom. The Hall–Kier alpha value is -1.46. The van der Waals surface area contributed by atoms with Crippen LogP contribution in [0.15, 0.2) is 6.33 Å². The zero-order chi connectivity index (χ0) is 12.3. The fraction of sp³-hybridized carbons (Fsp3) is 0.818. The number of carbonyl (C=O) groups is 1. The lowest BCUT2D eigenvalue weighted by atomic mass is 9.78. The lowest BCUT2D eigenvalue weighted by molar-refractivity contribution is -0.123. The molecule has 1 fully saturated rings. The lowest BCUT2D eigenvalue weighted by Crippen LogP contribution is -2.44. The van der Waals surface area contributed by atoms with E-state index in [4.69, 9.17) is 0 Å². The molecule has 6 nitrogen and oxygen atoms in total. The summed E-state index contributed by atoms with van der Waals surface area (Å²) >= 11 is 0. The number of aromatic nitrogens is 4. The van der Waals surface area contributed by atoms with Crippen molar-refractivity contribution in [2.45, 2.75) is 45.7 Å². The third kappa shape index (κ3) is 3.01. The Morgan fingerprint density at radius 3 is 3.00 bits per heavy atom. The summed E-state index contributed by atoms with van der Waals surface area (Å²) in [6, 6.07) is 0.294. The average Bonchev–Trinajstić information content (AvgIpc) is 2.77. The van der Waals surface area contributed by atoms with Crippen LogP contribution in [0.5, 0.6) is 0 Å². The molecule has 0 radical (unpaired) electrons. The Balaban J connectivity index is 1.85. The second kappa shape index (κ2) is 5.25. The molecule has 1 aromatic heterocycles. The normalized spacial score (nSPS) is 28.9. The first-order chi connectivity index (χ1) is 8.16. The summed E-state index contributed by atoms with van der Waals surface area (Å²) in [6.07, 6.45) is 4.99. The minimum Gasteiger partial charge on any atom is -0.351 e. The lowest BCUT2D eigenvalue weighted by Gasteiger charge is -2.34. The van der Waals surface area contributed by atoms with Crippen molar-refractivity contribution >= 4 is 5.91 Å². The highest BCUT2D eigenvalue weighted by Crippen LogP contribution is 2.29. The van der Waals surface area contributed by atoms with Crippen LogP contribution in [-0.4, -0.2) is 32.2 Å². The molecule has 6 heteroatoms. The van der Waals surface area contributed by atoms with Crippen LogP contribution in [0.2, 0.25) is 0 Å². The van der Waals surface area contributed by atoms with E-state index in [0.717, 1.165) is 6.42 Å². The van der Waals surface area contributed by atoms with Crippen molar-refractivity contribution < 1.29 is 4.79 Å². The molecular weight excluding hydrogens is 218 g/mol. The zero-order valence-corrected chi connectivity index (χ0v) is 10.3. The van der Waals surface area contributed by atoms with E-state index in [0.29, 0.717) is 17.9 Å². The Morgan fingerprint density at radius 2 is 2.29 bits per heavy atom. The predicted octanol–water partition coefficient (Wildman–Crippen LogP) is 0.614. The highest BCUT2D eigenvalue weighted by molar-refractivity contribution is 5.75. The molecule has 0 spiro atoms. The van der Waals surface area contributed by atoms with E-state index in [2.05, 4.69) is 34.7 Å². The van der Waals surface area contributed by atoms with E-state index in [1.54, 1.807) is 0 Å². The van der Waals surface area contributed by atoms with Crippen LogP contribution < -0.4 is 5.32 Å². The molecule has 17 heavy (non-hydrogen) atoms. The number of tetrazole rings is 1. The number of nitrogens with one attached hydrogen (secondary N) is 1. The highest BCUT2D eigenvalue weighted by Gasteiger charge is 2.28. The quantitative estimate of drug-likeness (QED) is 0.836. The standard InChI is InChI=1S/C11H19N5O/c1-8-4-3-5-10(9(8)2)13-11(17)6-16-7-12-14-15-16/h7-10H,3-6H2,1-2H3,(H,13,17). The minimum atomic E-state index is -0.0109. The van der Waals surface area contributed by atoms with Crippen molar-refractivity contribution in [1.29, 1.82) is 0 Å². The molecule has 0 bridgehead atoms. The van der Waals surface area contributed by atoms with Gasteiger partial charge in [-0.1, -0.05) is 26.7 Å². The molecular formula is C11H19N5O. The second-order valence-corrected chi connectivity index (χ2v) is 4.95. The SMILES string of the molecule is CC1CCCC(NC(=O)Cn2cnnn2)C1C. The molecule has 1 heterocycles. The molecule has 0 saturated heterocycles. The van der Waals surface area contributed by atoms with E-state index in [1.165, 1.54) is 23.9 Å². The van der Waals surface area contributed by atoms with E-state index in [1.807, 2.05) is 0 Å². The first kappa shape index (κ1) is 12.0. The molecule has 1 saturated carbocycles. The third-order valence-electron chi connectivity index (χ3n) is 3.75. The number of amides is 1. The van der Waals surface area contributed by atoms with Crippen molar-refractivity contribution in [3.63, 3.8) is 0 Å². The van der Waals surface area contributed by atoms with Gasteiger partial charge in [0.15, 0.2) is 0 Å². The highest BCUT2D eigenvalue weighted by atomic mass is 16.2. The van der Waals surface area contributed by atoms with Crippen LogP contribution >= 0.6 is 0 Å². The van der Waals surface area contributed by atoms with E-state index >= 15 is 0 Å². The van der Waals surface area contributed by atoms with Gasteiger partial charge in [0.25, 0.3) is 0 Å². The maximum atomic E-state index is 11.8. The van der Waals surface area contributed by atoms with Crippen LogP contribution in [-0.2, 0) is 11.3 Å². The zero-order valence-electron chi connectivity index (χ0n) is 10.3. The number of nitrogens with zero attached hydrogens (tertiary/aromatic N) is 4. The Labute approximate surface area is 101 Å². The van der Waals surface area contributed by atoms with E-state index < -0.39 is 0 Å². The number of hydrogen-bond donors (Lipinski definition) is 1. The maximum Gasteiger partial charge on any atom is 0.242 e. The largest absolute Gasteiger partial charge is 0.351 e. The van der Waals surface area contributed by atoms with E-state index in [-0.39, 0.29) is 12.5 Å². The van der Waals surface area contributed by atoms with E-state index in [9.17, 15) is 4.79 Å². The molecule has 3 unspecified atom stereocenters. The summed E-state index contributed by atoms with van der Waals surface area (Å²) in [5.74, 6) is 1.21. The fourth-order valence-electron chi connectivity index (χ4n) is 2.44. The molecule has 1 amide bonds. The number of rotatable bonds is 3. The molecule has 94 valence electrons. The molecule has 2 rings (SSSR count). The monoisotopic (exact) mass is 237 g/mol. The fourth-order valence-corrected chi connectivity index (χ4v) is 2.44. The van der Waals surface area contributed by atoms with Gasteiger partial charge in [-0.25, -0.2) is 4.68 Å². The van der Waals surface area contributed by atoms with Gasteiger partial charge < -0.3 is 5.32 Å². The van der Waals surface area contributed by atoms with Crippen LogP contribution in [0.1, 0.15) is 33.1 Å². The van der Waals surface area contributed by atoms with Gasteiger partial charge in [0.1, 0.15) is 12.9 Å². The topological polar surface area (TPSA) is 72.7 Å². The van der Waals surface area contributed by atoms with Crippen LogP contribution in [0.25, 0.3) is 0 Å². The maximum absolute atomic E-state index is 11.8. The first-order valence-corrected chi connectivity index (χ1v) is 6.17. The smallest absolute Gasteiger partial charge is 0.242 e. The van der Waals surface area contributed by atoms with Gasteiger partial charge in [-0.15, -0.1) is 5.10 Å². The first-order valence-electron chi connectivity index (χ1n) is 6.17. The summed E-state index contributed by atoms with van der Waals surface area (Å²) < 4.78 is 1.44. The van der Waals surface area contributed by atoms with Gasteiger partial charge in [-0.05, 0) is 28.7 Å². The summed E-state index contributed by atoms with van der Waals surface area (Å²) in [6.45, 7) is 4.67. The van der Waals surface area contributed by atoms with Crippen molar-refractivity contribution in [2.75, 3.05) is 0 Å². The van der Waals surface area contributed by atoms with Gasteiger partial charge in [0.05, 0.1) is 0 Å². The second-order valence-electron chi connectivity index (χ2n) is 4.95. The molecule has 1 N–H and O–H groups in total. The number of hydrogen-bond acceptors (Lipinski definition) is 4. The summed E-state index contributed by atoms with van der Waals surface area (Å²) in [7, 11) is 0. The number of carbonyl (C=O) groups excluding carboxylic acids is 1. The Bertz CT molecular complexity index is 364. The van der Waals surface area contributed by atoms with Gasteiger partial charge >= 0.3 is 0 Å². The van der Waals surface area contributed by atoms with Crippen LogP contribution in [0.3, 0.4) is 0 Å². The van der Waals surface area contributed by atoms with Gasteiger partial charge in [-0.2, -0.15) is 0 Å². The summed E-state index contributed by atoms with van der Waals surface area (Å²) in [5.41, 5.74) is 0. The molecule has 3 atom stereocenters. The molecule has 0 aliphatic heterocycles. The van der Waals surface area contributed by atoms with Crippen molar-refractivity contribution in [3.05, 3.63) is 6.33 Å².